The van der Waals surface area contributed by atoms with Crippen LogP contribution in [0.4, 0.5) is 0 Å². The van der Waals surface area contributed by atoms with Crippen molar-refractivity contribution >= 4 is 10.1 Å². The summed E-state index contributed by atoms with van der Waals surface area (Å²) in [7, 11) is -1.85. The molecule has 4 nitrogen and oxygen atoms in total. The second-order valence-corrected chi connectivity index (χ2v) is 5.09. The normalized spacial score (nSPS) is 10.5. The fourth-order valence-electron chi connectivity index (χ4n) is 1.18. The Kier molecular flexibility index (Phi) is 6.92. The highest BCUT2D eigenvalue weighted by Crippen LogP contribution is 2.00. The van der Waals surface area contributed by atoms with E-state index in [9.17, 15) is 0 Å². The molecule has 92 valence electrons. The van der Waals surface area contributed by atoms with Gasteiger partial charge in [-0.1, -0.05) is 13.3 Å². The SMILES string of the molecule is CCCCc1ccc[n+](C)c1.CS(=O)(=O)[O-]. The standard InChI is InChI=1S/C10H16N.CH4O3S/c1-3-4-6-10-7-5-8-11(2)9-10;1-5(2,3)4/h5,7-9H,3-4,6H2,1-2H3;1H3,(H,2,3,4)/q+1;/p-1. The van der Waals surface area contributed by atoms with E-state index in [1.165, 1.54) is 24.8 Å². The van der Waals surface area contributed by atoms with Gasteiger partial charge < -0.3 is 4.55 Å². The van der Waals surface area contributed by atoms with Crippen molar-refractivity contribution in [1.82, 2.24) is 0 Å². The third-order valence-corrected chi connectivity index (χ3v) is 1.82. The zero-order valence-electron chi connectivity index (χ0n) is 10.0. The quantitative estimate of drug-likeness (QED) is 0.590. The van der Waals surface area contributed by atoms with Crippen LogP contribution in [0, 0.1) is 0 Å². The fourth-order valence-corrected chi connectivity index (χ4v) is 1.18. The Labute approximate surface area is 97.7 Å². The Morgan fingerprint density at radius 1 is 1.44 bits per heavy atom. The molecule has 0 saturated carbocycles. The number of aryl methyl sites for hydroxylation is 2. The van der Waals surface area contributed by atoms with Crippen LogP contribution in [0.15, 0.2) is 24.5 Å². The summed E-state index contributed by atoms with van der Waals surface area (Å²) in [6.45, 7) is 2.23. The Balaban J connectivity index is 0.000000385. The molecular formula is C11H19NO3S. The molecule has 0 aromatic carbocycles. The van der Waals surface area contributed by atoms with Gasteiger partial charge >= 0.3 is 0 Å². The first-order chi connectivity index (χ1) is 7.33. The average Bonchev–Trinajstić information content (AvgIpc) is 2.12. The molecule has 1 rings (SSSR count). The maximum atomic E-state index is 9.08. The number of hydrogen-bond acceptors (Lipinski definition) is 3. The molecular weight excluding hydrogens is 226 g/mol. The van der Waals surface area contributed by atoms with Gasteiger partial charge in [0.2, 0.25) is 0 Å². The molecule has 0 unspecified atom stereocenters. The molecule has 1 heterocycles. The van der Waals surface area contributed by atoms with Crippen molar-refractivity contribution < 1.29 is 17.5 Å². The highest BCUT2D eigenvalue weighted by molar-refractivity contribution is 7.84. The summed E-state index contributed by atoms with van der Waals surface area (Å²) in [5, 5.41) is 0. The van der Waals surface area contributed by atoms with Crippen LogP contribution in [0.2, 0.25) is 0 Å². The second kappa shape index (κ2) is 7.35. The molecule has 0 radical (unpaired) electrons. The van der Waals surface area contributed by atoms with Crippen LogP contribution in [-0.4, -0.2) is 19.2 Å². The van der Waals surface area contributed by atoms with Crippen LogP contribution >= 0.6 is 0 Å². The molecule has 0 amide bonds. The lowest BCUT2D eigenvalue weighted by molar-refractivity contribution is -0.671. The van der Waals surface area contributed by atoms with Crippen LogP contribution in [0.3, 0.4) is 0 Å². The minimum absolute atomic E-state index is 0.604. The van der Waals surface area contributed by atoms with E-state index in [0.29, 0.717) is 6.26 Å². The predicted octanol–water partition coefficient (Wildman–Crippen LogP) is 1.02. The zero-order chi connectivity index (χ0) is 12.6. The largest absolute Gasteiger partial charge is 0.748 e. The Hall–Kier alpha value is -0.940. The summed E-state index contributed by atoms with van der Waals surface area (Å²) in [4.78, 5) is 0. The van der Waals surface area contributed by atoms with Gasteiger partial charge in [0.15, 0.2) is 12.4 Å². The molecule has 1 aromatic rings. The zero-order valence-corrected chi connectivity index (χ0v) is 10.8. The van der Waals surface area contributed by atoms with Crippen LogP contribution in [-0.2, 0) is 23.6 Å². The number of nitrogens with zero attached hydrogens (tertiary/aromatic N) is 1. The monoisotopic (exact) mass is 245 g/mol. The lowest BCUT2D eigenvalue weighted by Gasteiger charge is -1.95. The lowest BCUT2D eigenvalue weighted by Crippen LogP contribution is -2.26. The first-order valence-corrected chi connectivity index (χ1v) is 6.99. The molecule has 5 heteroatoms. The summed E-state index contributed by atoms with van der Waals surface area (Å²) >= 11 is 0. The summed E-state index contributed by atoms with van der Waals surface area (Å²) in [6.07, 6.45) is 8.64. The van der Waals surface area contributed by atoms with E-state index in [0.717, 1.165) is 0 Å². The third kappa shape index (κ3) is 11.1. The fraction of sp³-hybridized carbons (Fsp3) is 0.545. The Morgan fingerprint density at radius 2 is 2.00 bits per heavy atom. The number of aromatic nitrogens is 1. The average molecular weight is 245 g/mol. The Morgan fingerprint density at radius 3 is 2.44 bits per heavy atom. The van der Waals surface area contributed by atoms with Gasteiger partial charge in [-0.05, 0) is 18.9 Å². The summed E-state index contributed by atoms with van der Waals surface area (Å²) in [5.74, 6) is 0. The van der Waals surface area contributed by atoms with Gasteiger partial charge in [-0.25, -0.2) is 13.0 Å². The molecule has 0 bridgehead atoms. The van der Waals surface area contributed by atoms with Gasteiger partial charge in [0, 0.05) is 17.9 Å². The minimum atomic E-state index is -3.92. The van der Waals surface area contributed by atoms with Crippen molar-refractivity contribution in [2.45, 2.75) is 26.2 Å². The maximum absolute atomic E-state index is 9.08. The van der Waals surface area contributed by atoms with Crippen molar-refractivity contribution in [2.24, 2.45) is 7.05 Å². The van der Waals surface area contributed by atoms with E-state index < -0.39 is 10.1 Å². The molecule has 0 saturated heterocycles. The molecule has 0 fully saturated rings. The summed E-state index contributed by atoms with van der Waals surface area (Å²) in [6, 6.07) is 4.29. The first kappa shape index (κ1) is 15.1. The smallest absolute Gasteiger partial charge is 0.171 e. The van der Waals surface area contributed by atoms with E-state index in [-0.39, 0.29) is 0 Å². The molecule has 0 aliphatic heterocycles. The number of unbranched alkanes of at least 4 members (excludes halogenated alkanes) is 1. The highest BCUT2D eigenvalue weighted by atomic mass is 32.2. The number of pyridine rings is 1. The van der Waals surface area contributed by atoms with Crippen LogP contribution in [0.5, 0.6) is 0 Å². The molecule has 0 aliphatic carbocycles. The number of rotatable bonds is 3. The van der Waals surface area contributed by atoms with Crippen molar-refractivity contribution in [3.05, 3.63) is 30.1 Å². The van der Waals surface area contributed by atoms with Gasteiger partial charge in [-0.15, -0.1) is 0 Å². The van der Waals surface area contributed by atoms with E-state index >= 15 is 0 Å². The lowest BCUT2D eigenvalue weighted by atomic mass is 10.1. The highest BCUT2D eigenvalue weighted by Gasteiger charge is 1.95. The maximum Gasteiger partial charge on any atom is 0.171 e. The summed E-state index contributed by atoms with van der Waals surface area (Å²) < 4.78 is 29.3. The van der Waals surface area contributed by atoms with Crippen LogP contribution in [0.25, 0.3) is 0 Å². The van der Waals surface area contributed by atoms with Crippen molar-refractivity contribution in [1.29, 1.82) is 0 Å². The van der Waals surface area contributed by atoms with Crippen LogP contribution in [0.1, 0.15) is 25.3 Å². The van der Waals surface area contributed by atoms with Gasteiger partial charge in [-0.3, -0.25) is 0 Å². The summed E-state index contributed by atoms with van der Waals surface area (Å²) in [5.41, 5.74) is 1.44. The third-order valence-electron chi connectivity index (χ3n) is 1.82. The second-order valence-electron chi connectivity index (χ2n) is 3.69. The van der Waals surface area contributed by atoms with Gasteiger partial charge in [0.05, 0.1) is 10.1 Å². The van der Waals surface area contributed by atoms with Gasteiger partial charge in [0.1, 0.15) is 7.05 Å². The molecule has 0 atom stereocenters. The van der Waals surface area contributed by atoms with E-state index in [2.05, 4.69) is 43.1 Å². The van der Waals surface area contributed by atoms with E-state index in [4.69, 9.17) is 13.0 Å². The van der Waals surface area contributed by atoms with Gasteiger partial charge in [0.25, 0.3) is 0 Å². The van der Waals surface area contributed by atoms with Crippen molar-refractivity contribution in [3.8, 4) is 0 Å². The van der Waals surface area contributed by atoms with Gasteiger partial charge in [-0.2, -0.15) is 0 Å². The van der Waals surface area contributed by atoms with Crippen molar-refractivity contribution in [3.63, 3.8) is 0 Å². The van der Waals surface area contributed by atoms with E-state index in [1.54, 1.807) is 0 Å². The number of hydrogen-bond donors (Lipinski definition) is 0. The van der Waals surface area contributed by atoms with Crippen LogP contribution < -0.4 is 4.57 Å². The molecule has 16 heavy (non-hydrogen) atoms. The molecule has 0 spiro atoms. The topological polar surface area (TPSA) is 61.1 Å². The first-order valence-electron chi connectivity index (χ1n) is 5.18. The molecule has 1 aromatic heterocycles. The van der Waals surface area contributed by atoms with Crippen molar-refractivity contribution in [2.75, 3.05) is 6.26 Å². The molecule has 0 aliphatic rings. The Bertz CT molecular complexity index is 393. The predicted molar refractivity (Wildman–Crippen MR) is 61.9 cm³/mol. The van der Waals surface area contributed by atoms with E-state index in [1.807, 2.05) is 0 Å². The molecule has 0 N–H and O–H groups in total. The minimum Gasteiger partial charge on any atom is -0.748 e.